The molecule has 1 saturated carbocycles. The molecule has 0 atom stereocenters. The van der Waals surface area contributed by atoms with Crippen LogP contribution >= 0.6 is 0 Å². The van der Waals surface area contributed by atoms with Crippen molar-refractivity contribution < 1.29 is 4.74 Å². The number of nitrogens with zero attached hydrogens (tertiary/aromatic N) is 3. The highest BCUT2D eigenvalue weighted by Gasteiger charge is 2.44. The lowest BCUT2D eigenvalue weighted by Crippen LogP contribution is -2.59. The lowest BCUT2D eigenvalue weighted by Gasteiger charge is -2.55. The van der Waals surface area contributed by atoms with Crippen LogP contribution in [0.25, 0.3) is 0 Å². The minimum atomic E-state index is -0.0255. The number of hydrogen-bond acceptors (Lipinski definition) is 3. The van der Waals surface area contributed by atoms with E-state index in [0.29, 0.717) is 6.61 Å². The van der Waals surface area contributed by atoms with Gasteiger partial charge in [0, 0.05) is 23.3 Å². The Balaban J connectivity index is 2.01. The number of ether oxygens (including phenoxy) is 1. The molecule has 0 heterocycles. The predicted octanol–water partition coefficient (Wildman–Crippen LogP) is 4.74. The molecule has 2 N–H and O–H groups in total. The molecule has 0 spiro atoms. The van der Waals surface area contributed by atoms with E-state index < -0.39 is 0 Å². The Morgan fingerprint density at radius 3 is 2.48 bits per heavy atom. The number of nitrogens with one attached hydrogen (secondary N) is 2. The summed E-state index contributed by atoms with van der Waals surface area (Å²) < 4.78 is 5.83. The highest BCUT2D eigenvalue weighted by atomic mass is 16.5. The van der Waals surface area contributed by atoms with Crippen molar-refractivity contribution in [2.75, 3.05) is 32.6 Å². The highest BCUT2D eigenvalue weighted by Crippen LogP contribution is 2.43. The molecule has 29 heavy (non-hydrogen) atoms. The first-order chi connectivity index (χ1) is 13.6. The van der Waals surface area contributed by atoms with Gasteiger partial charge in [-0.1, -0.05) is 6.92 Å². The maximum absolute atomic E-state index is 8.27. The van der Waals surface area contributed by atoms with Crippen molar-refractivity contribution in [2.24, 2.45) is 4.99 Å². The molecule has 0 saturated heterocycles. The van der Waals surface area contributed by atoms with Crippen LogP contribution in [0.2, 0.25) is 0 Å². The quantitative estimate of drug-likeness (QED) is 0.488. The molecule has 1 fully saturated rings. The molecular weight excluding hydrogens is 362 g/mol. The number of anilines is 1. The third-order valence-corrected chi connectivity index (χ3v) is 5.71. The second-order valence-electron chi connectivity index (χ2n) is 9.32. The molecule has 0 unspecified atom stereocenters. The van der Waals surface area contributed by atoms with E-state index in [1.165, 1.54) is 19.3 Å². The van der Waals surface area contributed by atoms with Crippen LogP contribution in [0.1, 0.15) is 58.9 Å². The Morgan fingerprint density at radius 2 is 2.00 bits per heavy atom. The number of aliphatic imine (C=N–C) groups is 1. The Bertz CT molecular complexity index is 711. The number of likely N-dealkylation sites (N-methyl/N-ethyl adjacent to an activating group) is 1. The van der Waals surface area contributed by atoms with Gasteiger partial charge in [0.1, 0.15) is 12.4 Å². The van der Waals surface area contributed by atoms with E-state index in [4.69, 9.17) is 10.1 Å². The molecule has 0 bridgehead atoms. The molecule has 1 aliphatic carbocycles. The lowest BCUT2D eigenvalue weighted by atomic mass is 9.72. The maximum atomic E-state index is 8.27. The summed E-state index contributed by atoms with van der Waals surface area (Å²) in [6.45, 7) is 12.4. The van der Waals surface area contributed by atoms with Crippen molar-refractivity contribution in [1.82, 2.24) is 9.80 Å². The van der Waals surface area contributed by atoms with Crippen molar-refractivity contribution in [1.29, 1.82) is 5.41 Å². The van der Waals surface area contributed by atoms with Crippen LogP contribution in [-0.2, 0) is 0 Å². The molecule has 1 aromatic rings. The van der Waals surface area contributed by atoms with E-state index >= 15 is 0 Å². The number of guanidine groups is 1. The van der Waals surface area contributed by atoms with Gasteiger partial charge >= 0.3 is 0 Å². The average Bonchev–Trinajstić information content (AvgIpc) is 2.57. The fourth-order valence-corrected chi connectivity index (χ4v) is 3.87. The van der Waals surface area contributed by atoms with Gasteiger partial charge in [-0.3, -0.25) is 5.41 Å². The summed E-state index contributed by atoms with van der Waals surface area (Å²) in [7, 11) is 4.06. The van der Waals surface area contributed by atoms with Gasteiger partial charge in [-0.25, -0.2) is 4.99 Å². The molecule has 1 aliphatic rings. The van der Waals surface area contributed by atoms with Crippen molar-refractivity contribution in [3.05, 3.63) is 23.8 Å². The van der Waals surface area contributed by atoms with Crippen LogP contribution < -0.4 is 10.1 Å². The summed E-state index contributed by atoms with van der Waals surface area (Å²) in [4.78, 5) is 8.89. The fraction of sp³-hybridized carbons (Fsp3) is 0.652. The van der Waals surface area contributed by atoms with Crippen molar-refractivity contribution in [2.45, 2.75) is 71.4 Å². The molecule has 2 rings (SSSR count). The van der Waals surface area contributed by atoms with Crippen molar-refractivity contribution >= 4 is 18.0 Å². The summed E-state index contributed by atoms with van der Waals surface area (Å²) in [5.74, 6) is 1.02. The molecule has 162 valence electrons. The van der Waals surface area contributed by atoms with Crippen LogP contribution in [0.4, 0.5) is 5.69 Å². The van der Waals surface area contributed by atoms with E-state index in [9.17, 15) is 0 Å². The molecule has 0 amide bonds. The fourth-order valence-electron chi connectivity index (χ4n) is 3.87. The number of hydrogen-bond donors (Lipinski definition) is 2. The Hall–Kier alpha value is -2.08. The summed E-state index contributed by atoms with van der Waals surface area (Å²) in [5, 5.41) is 11.4. The van der Waals surface area contributed by atoms with Crippen LogP contribution in [0.3, 0.4) is 0 Å². The summed E-state index contributed by atoms with van der Waals surface area (Å²) >= 11 is 0. The third kappa shape index (κ3) is 6.20. The van der Waals surface area contributed by atoms with Crippen molar-refractivity contribution in [3.8, 4) is 5.75 Å². The number of benzene rings is 1. The van der Waals surface area contributed by atoms with Gasteiger partial charge in [0.15, 0.2) is 0 Å². The molecule has 6 nitrogen and oxygen atoms in total. The minimum absolute atomic E-state index is 0.0255. The van der Waals surface area contributed by atoms with Crippen LogP contribution in [0, 0.1) is 12.3 Å². The van der Waals surface area contributed by atoms with Gasteiger partial charge < -0.3 is 19.9 Å². The first-order valence-corrected chi connectivity index (χ1v) is 10.6. The molecule has 0 aromatic heterocycles. The first-order valence-electron chi connectivity index (χ1n) is 10.6. The van der Waals surface area contributed by atoms with E-state index in [2.05, 4.69) is 47.8 Å². The van der Waals surface area contributed by atoms with Gasteiger partial charge in [-0.05, 0) is 91.2 Å². The van der Waals surface area contributed by atoms with Gasteiger partial charge in [0.25, 0.3) is 0 Å². The van der Waals surface area contributed by atoms with E-state index in [1.807, 2.05) is 45.6 Å². The molecule has 6 heteroatoms. The van der Waals surface area contributed by atoms with Crippen molar-refractivity contribution in [3.63, 3.8) is 0 Å². The van der Waals surface area contributed by atoms with E-state index in [0.717, 1.165) is 30.0 Å². The highest BCUT2D eigenvalue weighted by molar-refractivity contribution is 5.96. The Kier molecular flexibility index (Phi) is 7.69. The standard InChI is InChI=1S/C23H39N5O/c1-8-23(12-9-13-23)28(22(3,4)5)17-25-21(24)26-19-10-11-20(18(2)16-19)29-15-14-27(6)7/h10-11,16-17H,8-9,12-15H2,1-7H3,(H2,24,26)/b25-17+. The maximum Gasteiger partial charge on any atom is 0.221 e. The van der Waals surface area contributed by atoms with Gasteiger partial charge in [-0.2, -0.15) is 0 Å². The smallest absolute Gasteiger partial charge is 0.221 e. The predicted molar refractivity (Wildman–Crippen MR) is 124 cm³/mol. The number of rotatable bonds is 8. The van der Waals surface area contributed by atoms with Gasteiger partial charge in [0.2, 0.25) is 5.96 Å². The normalized spacial score (nSPS) is 16.0. The molecule has 0 radical (unpaired) electrons. The zero-order chi connectivity index (χ0) is 21.7. The van der Waals surface area contributed by atoms with Crippen LogP contribution in [0.5, 0.6) is 5.75 Å². The Morgan fingerprint density at radius 1 is 1.31 bits per heavy atom. The first kappa shape index (κ1) is 23.2. The molecule has 1 aromatic carbocycles. The van der Waals surface area contributed by atoms with E-state index in [-0.39, 0.29) is 17.0 Å². The van der Waals surface area contributed by atoms with E-state index in [1.54, 1.807) is 0 Å². The summed E-state index contributed by atoms with van der Waals surface area (Å²) in [6.07, 6.45) is 6.63. The van der Waals surface area contributed by atoms with Crippen LogP contribution in [0.15, 0.2) is 23.2 Å². The lowest BCUT2D eigenvalue weighted by molar-refractivity contribution is 0.0163. The largest absolute Gasteiger partial charge is 0.492 e. The van der Waals surface area contributed by atoms with Gasteiger partial charge in [0.05, 0.1) is 6.34 Å². The monoisotopic (exact) mass is 401 g/mol. The topological polar surface area (TPSA) is 64.0 Å². The minimum Gasteiger partial charge on any atom is -0.492 e. The average molecular weight is 402 g/mol. The Labute approximate surface area is 176 Å². The second-order valence-corrected chi connectivity index (χ2v) is 9.32. The van der Waals surface area contributed by atoms with Gasteiger partial charge in [-0.15, -0.1) is 0 Å². The zero-order valence-electron chi connectivity index (χ0n) is 19.3. The second kappa shape index (κ2) is 9.61. The van der Waals surface area contributed by atoms with Crippen LogP contribution in [-0.4, -0.2) is 60.4 Å². The number of aryl methyl sites for hydroxylation is 1. The molecular formula is C23H39N5O. The summed E-state index contributed by atoms with van der Waals surface area (Å²) in [5.41, 5.74) is 2.05. The summed E-state index contributed by atoms with van der Waals surface area (Å²) in [6, 6.07) is 5.88. The third-order valence-electron chi connectivity index (χ3n) is 5.71. The zero-order valence-corrected chi connectivity index (χ0v) is 19.3. The SMILES string of the molecule is CCC1(N(/C=N/C(=N)Nc2ccc(OCCN(C)C)c(C)c2)C(C)(C)C)CCC1. The molecule has 0 aliphatic heterocycles.